The molecule has 2 rings (SSSR count). The first-order valence-corrected chi connectivity index (χ1v) is 6.43. The Bertz CT molecular complexity index is 497. The van der Waals surface area contributed by atoms with Crippen molar-refractivity contribution >= 4 is 0 Å². The van der Waals surface area contributed by atoms with Crippen molar-refractivity contribution < 1.29 is 9.52 Å². The maximum Gasteiger partial charge on any atom is 0.133 e. The molecule has 104 valence electrons. The normalized spacial score (nSPS) is 13.7. The fourth-order valence-corrected chi connectivity index (χ4v) is 2.02. The maximum atomic E-state index is 9.89. The molecule has 0 aromatic carbocycles. The van der Waals surface area contributed by atoms with Gasteiger partial charge in [0.1, 0.15) is 11.9 Å². The van der Waals surface area contributed by atoms with Crippen LogP contribution in [0.4, 0.5) is 0 Å². The third-order valence-electron chi connectivity index (χ3n) is 2.99. The molecule has 0 aliphatic carbocycles. The summed E-state index contributed by atoms with van der Waals surface area (Å²) in [5, 5.41) is 20.2. The second-order valence-corrected chi connectivity index (χ2v) is 5.68. The molecule has 0 radical (unpaired) electrons. The first-order chi connectivity index (χ1) is 8.98. The van der Waals surface area contributed by atoms with E-state index in [9.17, 15) is 5.11 Å². The van der Waals surface area contributed by atoms with Gasteiger partial charge in [0.25, 0.3) is 0 Å². The van der Waals surface area contributed by atoms with Gasteiger partial charge in [-0.2, -0.15) is 5.10 Å². The lowest BCUT2D eigenvalue weighted by Crippen LogP contribution is -2.23. The molecule has 0 amide bonds. The molecule has 0 saturated heterocycles. The molecule has 1 atom stereocenters. The quantitative estimate of drug-likeness (QED) is 0.772. The van der Waals surface area contributed by atoms with Crippen LogP contribution in [0, 0.1) is 0 Å². The number of furan rings is 1. The molecule has 0 saturated carbocycles. The van der Waals surface area contributed by atoms with Gasteiger partial charge in [-0.1, -0.05) is 20.8 Å². The third kappa shape index (κ3) is 3.45. The number of hydrogen-bond acceptors (Lipinski definition) is 4. The zero-order chi connectivity index (χ0) is 13.9. The Morgan fingerprint density at radius 2 is 2.26 bits per heavy atom. The van der Waals surface area contributed by atoms with E-state index < -0.39 is 6.10 Å². The summed E-state index contributed by atoms with van der Waals surface area (Å²) >= 11 is 0. The van der Waals surface area contributed by atoms with Crippen LogP contribution >= 0.6 is 0 Å². The van der Waals surface area contributed by atoms with E-state index in [1.165, 1.54) is 0 Å². The van der Waals surface area contributed by atoms with Crippen LogP contribution in [-0.2, 0) is 12.0 Å². The number of aliphatic hydroxyl groups excluding tert-OH is 1. The van der Waals surface area contributed by atoms with Gasteiger partial charge in [-0.05, 0) is 12.1 Å². The van der Waals surface area contributed by atoms with Gasteiger partial charge >= 0.3 is 0 Å². The largest absolute Gasteiger partial charge is 0.467 e. The van der Waals surface area contributed by atoms with E-state index in [-0.39, 0.29) is 5.41 Å². The molecule has 3 N–H and O–H groups in total. The number of hydrogen-bond donors (Lipinski definition) is 3. The average molecular weight is 263 g/mol. The predicted molar refractivity (Wildman–Crippen MR) is 72.7 cm³/mol. The zero-order valence-electron chi connectivity index (χ0n) is 11.6. The average Bonchev–Trinajstić information content (AvgIpc) is 2.98. The number of aliphatic hydroxyl groups is 1. The molecule has 0 bridgehead atoms. The first-order valence-electron chi connectivity index (χ1n) is 6.43. The Balaban J connectivity index is 1.88. The molecular formula is C14H21N3O2. The minimum Gasteiger partial charge on any atom is -0.467 e. The summed E-state index contributed by atoms with van der Waals surface area (Å²) in [6, 6.07) is 3.54. The topological polar surface area (TPSA) is 74.1 Å². The Hall–Kier alpha value is -1.59. The predicted octanol–water partition coefficient (Wildman–Crippen LogP) is 2.12. The molecule has 2 aromatic rings. The molecule has 19 heavy (non-hydrogen) atoms. The first kappa shape index (κ1) is 13.8. The highest BCUT2D eigenvalue weighted by atomic mass is 16.4. The molecular weight excluding hydrogens is 242 g/mol. The fraction of sp³-hybridized carbons (Fsp3) is 0.500. The van der Waals surface area contributed by atoms with Crippen molar-refractivity contribution in [1.29, 1.82) is 0 Å². The van der Waals surface area contributed by atoms with Crippen molar-refractivity contribution in [3.8, 4) is 0 Å². The molecule has 0 spiro atoms. The smallest absolute Gasteiger partial charge is 0.133 e. The summed E-state index contributed by atoms with van der Waals surface area (Å²) in [6.07, 6.45) is 2.76. The lowest BCUT2D eigenvalue weighted by molar-refractivity contribution is 0.147. The number of aromatic nitrogens is 2. The van der Waals surface area contributed by atoms with Gasteiger partial charge in [0, 0.05) is 29.8 Å². The van der Waals surface area contributed by atoms with E-state index in [1.807, 2.05) is 6.20 Å². The zero-order valence-corrected chi connectivity index (χ0v) is 11.6. The van der Waals surface area contributed by atoms with Crippen LogP contribution in [0.1, 0.15) is 43.9 Å². The van der Waals surface area contributed by atoms with Gasteiger partial charge in [-0.3, -0.25) is 5.10 Å². The third-order valence-corrected chi connectivity index (χ3v) is 2.99. The molecule has 1 unspecified atom stereocenters. The standard InChI is InChI=1S/C14H21N3O2/c1-14(2,3)13-10(8-16-17-13)7-15-9-11(18)12-5-4-6-19-12/h4-6,8,11,15,18H,7,9H2,1-3H3,(H,16,17). The summed E-state index contributed by atoms with van der Waals surface area (Å²) in [4.78, 5) is 0. The van der Waals surface area contributed by atoms with Crippen LogP contribution in [0.3, 0.4) is 0 Å². The van der Waals surface area contributed by atoms with Crippen molar-refractivity contribution in [2.24, 2.45) is 0 Å². The SMILES string of the molecule is CC(C)(C)c1[nH]ncc1CNCC(O)c1ccco1. The second kappa shape index (κ2) is 5.59. The van der Waals surface area contributed by atoms with E-state index in [1.54, 1.807) is 18.4 Å². The monoisotopic (exact) mass is 263 g/mol. The van der Waals surface area contributed by atoms with Crippen LogP contribution in [0.15, 0.2) is 29.0 Å². The van der Waals surface area contributed by atoms with Crippen LogP contribution in [0.2, 0.25) is 0 Å². The summed E-state index contributed by atoms with van der Waals surface area (Å²) in [5.41, 5.74) is 2.28. The van der Waals surface area contributed by atoms with Crippen LogP contribution in [-0.4, -0.2) is 21.8 Å². The molecule has 0 aliphatic heterocycles. The van der Waals surface area contributed by atoms with Crippen molar-refractivity contribution in [2.45, 2.75) is 38.8 Å². The van der Waals surface area contributed by atoms with Gasteiger partial charge in [-0.25, -0.2) is 0 Å². The Morgan fingerprint density at radius 3 is 2.89 bits per heavy atom. The second-order valence-electron chi connectivity index (χ2n) is 5.68. The maximum absolute atomic E-state index is 9.89. The van der Waals surface area contributed by atoms with Crippen LogP contribution in [0.5, 0.6) is 0 Å². The number of rotatable bonds is 5. The molecule has 2 heterocycles. The van der Waals surface area contributed by atoms with Crippen molar-refractivity contribution in [2.75, 3.05) is 6.54 Å². The number of H-pyrrole nitrogens is 1. The van der Waals surface area contributed by atoms with E-state index in [4.69, 9.17) is 4.42 Å². The Labute approximate surface area is 113 Å². The molecule has 0 fully saturated rings. The van der Waals surface area contributed by atoms with Gasteiger partial charge in [0.05, 0.1) is 12.5 Å². The van der Waals surface area contributed by atoms with Crippen molar-refractivity contribution in [3.05, 3.63) is 41.6 Å². The molecule has 5 nitrogen and oxygen atoms in total. The van der Waals surface area contributed by atoms with Crippen LogP contribution < -0.4 is 5.32 Å². The van der Waals surface area contributed by atoms with Gasteiger partial charge in [0.2, 0.25) is 0 Å². The van der Waals surface area contributed by atoms with E-state index in [0.717, 1.165) is 11.3 Å². The highest BCUT2D eigenvalue weighted by Crippen LogP contribution is 2.23. The summed E-state index contributed by atoms with van der Waals surface area (Å²) in [5.74, 6) is 0.579. The minimum atomic E-state index is -0.625. The summed E-state index contributed by atoms with van der Waals surface area (Å²) in [6.45, 7) is 7.54. The molecule has 0 aliphatic rings. The molecule has 5 heteroatoms. The van der Waals surface area contributed by atoms with Crippen molar-refractivity contribution in [1.82, 2.24) is 15.5 Å². The van der Waals surface area contributed by atoms with Crippen molar-refractivity contribution in [3.63, 3.8) is 0 Å². The van der Waals surface area contributed by atoms with E-state index >= 15 is 0 Å². The van der Waals surface area contributed by atoms with Gasteiger partial charge in [-0.15, -0.1) is 0 Å². The number of aromatic amines is 1. The van der Waals surface area contributed by atoms with Crippen LogP contribution in [0.25, 0.3) is 0 Å². The number of nitrogens with one attached hydrogen (secondary N) is 2. The summed E-state index contributed by atoms with van der Waals surface area (Å²) in [7, 11) is 0. The molecule has 2 aromatic heterocycles. The fourth-order valence-electron chi connectivity index (χ4n) is 2.02. The van der Waals surface area contributed by atoms with E-state index in [0.29, 0.717) is 18.8 Å². The lowest BCUT2D eigenvalue weighted by atomic mass is 9.89. The summed E-state index contributed by atoms with van der Waals surface area (Å²) < 4.78 is 5.15. The highest BCUT2D eigenvalue weighted by Gasteiger charge is 2.20. The van der Waals surface area contributed by atoms with Gasteiger partial charge in [0.15, 0.2) is 0 Å². The number of nitrogens with zero attached hydrogens (tertiary/aromatic N) is 1. The van der Waals surface area contributed by atoms with Gasteiger partial charge < -0.3 is 14.8 Å². The minimum absolute atomic E-state index is 0.0349. The Kier molecular flexibility index (Phi) is 4.07. The van der Waals surface area contributed by atoms with E-state index in [2.05, 4.69) is 36.3 Å². The lowest BCUT2D eigenvalue weighted by Gasteiger charge is -2.18. The highest BCUT2D eigenvalue weighted by molar-refractivity contribution is 5.23. The Morgan fingerprint density at radius 1 is 1.47 bits per heavy atom.